The lowest BCUT2D eigenvalue weighted by Crippen LogP contribution is -2.19. The van der Waals surface area contributed by atoms with E-state index in [4.69, 9.17) is 15.8 Å². The largest absolute Gasteiger partial charge is 0.345 e. The van der Waals surface area contributed by atoms with Crippen LogP contribution in [0.2, 0.25) is 0 Å². The van der Waals surface area contributed by atoms with Crippen LogP contribution in [0.1, 0.15) is 18.4 Å². The number of nitrogens with one attached hydrogen (secondary N) is 1. The Morgan fingerprint density at radius 3 is 2.33 bits per heavy atom. The van der Waals surface area contributed by atoms with Gasteiger partial charge in [0.05, 0.1) is 0 Å². The molecule has 0 aliphatic carbocycles. The first-order valence-corrected chi connectivity index (χ1v) is 6.80. The summed E-state index contributed by atoms with van der Waals surface area (Å²) in [6, 6.07) is 13.0. The van der Waals surface area contributed by atoms with Crippen LogP contribution in [0, 0.1) is 34.0 Å². The molecule has 1 heterocycles. The Balaban J connectivity index is 2.24. The molecule has 2 rings (SSSR count). The fourth-order valence-electron chi connectivity index (χ4n) is 2.38. The Bertz CT molecular complexity index is 647. The van der Waals surface area contributed by atoms with Crippen LogP contribution in [0.15, 0.2) is 35.5 Å². The van der Waals surface area contributed by atoms with E-state index in [-0.39, 0.29) is 11.3 Å². The van der Waals surface area contributed by atoms with Crippen LogP contribution in [-0.4, -0.2) is 18.0 Å². The molecule has 1 fully saturated rings. The highest BCUT2D eigenvalue weighted by molar-refractivity contribution is 5.61. The first-order valence-electron chi connectivity index (χ1n) is 6.80. The van der Waals surface area contributed by atoms with Crippen LogP contribution >= 0.6 is 0 Å². The number of hydrogen-bond donors (Lipinski definition) is 1. The van der Waals surface area contributed by atoms with E-state index >= 15 is 0 Å². The number of para-hydroxylation sites is 1. The van der Waals surface area contributed by atoms with Gasteiger partial charge in [0.1, 0.15) is 23.9 Å². The zero-order valence-corrected chi connectivity index (χ0v) is 11.6. The van der Waals surface area contributed by atoms with Gasteiger partial charge >= 0.3 is 0 Å². The van der Waals surface area contributed by atoms with Crippen LogP contribution < -0.4 is 5.32 Å². The average Bonchev–Trinajstić information content (AvgIpc) is 3.02. The highest BCUT2D eigenvalue weighted by atomic mass is 15.1. The Morgan fingerprint density at radius 2 is 1.71 bits per heavy atom. The molecular formula is C16H15N5. The summed E-state index contributed by atoms with van der Waals surface area (Å²) in [4.78, 5) is 2.35. The van der Waals surface area contributed by atoms with Crippen LogP contribution in [-0.2, 0) is 6.54 Å². The highest BCUT2D eigenvalue weighted by Gasteiger charge is 2.14. The van der Waals surface area contributed by atoms with Crippen molar-refractivity contribution in [1.82, 2.24) is 4.90 Å². The first kappa shape index (κ1) is 14.6. The summed E-state index contributed by atoms with van der Waals surface area (Å²) in [6.45, 7) is 2.96. The van der Waals surface area contributed by atoms with Crippen molar-refractivity contribution < 1.29 is 0 Å². The van der Waals surface area contributed by atoms with Crippen molar-refractivity contribution in [3.05, 3.63) is 41.1 Å². The molecule has 104 valence electrons. The third kappa shape index (κ3) is 3.60. The predicted octanol–water partition coefficient (Wildman–Crippen LogP) is 2.52. The molecule has 1 N–H and O–H groups in total. The lowest BCUT2D eigenvalue weighted by atomic mass is 10.1. The maximum Gasteiger partial charge on any atom is 0.163 e. The van der Waals surface area contributed by atoms with E-state index in [9.17, 15) is 0 Å². The summed E-state index contributed by atoms with van der Waals surface area (Å²) in [5.74, 6) is 0. The molecule has 1 aromatic rings. The van der Waals surface area contributed by atoms with Gasteiger partial charge in [0.15, 0.2) is 5.57 Å². The molecule has 5 heteroatoms. The number of allylic oxidation sites excluding steroid dienone is 2. The van der Waals surface area contributed by atoms with Crippen molar-refractivity contribution in [3.8, 4) is 18.2 Å². The van der Waals surface area contributed by atoms with Crippen molar-refractivity contribution in [3.63, 3.8) is 0 Å². The van der Waals surface area contributed by atoms with Crippen LogP contribution in [0.4, 0.5) is 5.69 Å². The normalized spacial score (nSPS) is 13.8. The molecule has 0 unspecified atom stereocenters. The molecule has 0 spiro atoms. The molecule has 0 amide bonds. The predicted molar refractivity (Wildman–Crippen MR) is 78.4 cm³/mol. The molecule has 1 saturated heterocycles. The molecule has 1 aliphatic heterocycles. The summed E-state index contributed by atoms with van der Waals surface area (Å²) >= 11 is 0. The number of anilines is 1. The summed E-state index contributed by atoms with van der Waals surface area (Å²) in [5, 5.41) is 29.8. The Hall–Kier alpha value is -2.81. The van der Waals surface area contributed by atoms with Crippen molar-refractivity contribution in [2.24, 2.45) is 0 Å². The van der Waals surface area contributed by atoms with Gasteiger partial charge in [-0.2, -0.15) is 15.8 Å². The molecule has 1 aromatic carbocycles. The standard InChI is InChI=1S/C16H15N5/c17-9-14(10-18)16(11-19)20-15-6-2-1-5-13(15)12-21-7-3-4-8-21/h1-2,5-6,20H,3-4,7-8,12H2. The molecule has 0 aromatic heterocycles. The fourth-order valence-corrected chi connectivity index (χ4v) is 2.38. The van der Waals surface area contributed by atoms with E-state index in [1.165, 1.54) is 12.8 Å². The van der Waals surface area contributed by atoms with Crippen LogP contribution in [0.25, 0.3) is 0 Å². The molecule has 5 nitrogen and oxygen atoms in total. The monoisotopic (exact) mass is 277 g/mol. The Morgan fingerprint density at radius 1 is 1.05 bits per heavy atom. The molecule has 0 saturated carbocycles. The van der Waals surface area contributed by atoms with Crippen molar-refractivity contribution in [2.45, 2.75) is 19.4 Å². The lowest BCUT2D eigenvalue weighted by molar-refractivity contribution is 0.332. The van der Waals surface area contributed by atoms with Gasteiger partial charge in [0, 0.05) is 12.2 Å². The van der Waals surface area contributed by atoms with Gasteiger partial charge in [-0.25, -0.2) is 0 Å². The summed E-state index contributed by atoms with van der Waals surface area (Å²) in [7, 11) is 0. The van der Waals surface area contributed by atoms with E-state index in [2.05, 4.69) is 10.2 Å². The zero-order valence-electron chi connectivity index (χ0n) is 11.6. The van der Waals surface area contributed by atoms with Crippen LogP contribution in [0.3, 0.4) is 0 Å². The number of nitrogens with zero attached hydrogens (tertiary/aromatic N) is 4. The van der Waals surface area contributed by atoms with Gasteiger partial charge in [-0.05, 0) is 37.6 Å². The maximum atomic E-state index is 9.11. The minimum atomic E-state index is -0.200. The molecule has 0 radical (unpaired) electrons. The van der Waals surface area contributed by atoms with Gasteiger partial charge in [-0.15, -0.1) is 0 Å². The first-order chi connectivity index (χ1) is 10.3. The van der Waals surface area contributed by atoms with Crippen LogP contribution in [0.5, 0.6) is 0 Å². The Labute approximate surface area is 124 Å². The summed E-state index contributed by atoms with van der Waals surface area (Å²) in [5.41, 5.74) is 1.62. The molecule has 21 heavy (non-hydrogen) atoms. The second kappa shape index (κ2) is 7.10. The quantitative estimate of drug-likeness (QED) is 0.854. The van der Waals surface area contributed by atoms with E-state index in [0.29, 0.717) is 0 Å². The van der Waals surface area contributed by atoms with Crippen molar-refractivity contribution in [2.75, 3.05) is 18.4 Å². The lowest BCUT2D eigenvalue weighted by Gasteiger charge is -2.18. The third-order valence-corrected chi connectivity index (χ3v) is 3.46. The number of hydrogen-bond acceptors (Lipinski definition) is 5. The fraction of sp³-hybridized carbons (Fsp3) is 0.312. The second-order valence-electron chi connectivity index (χ2n) is 4.85. The van der Waals surface area contributed by atoms with Gasteiger partial charge in [0.2, 0.25) is 0 Å². The van der Waals surface area contributed by atoms with E-state index in [1.807, 2.05) is 30.3 Å². The van der Waals surface area contributed by atoms with Crippen molar-refractivity contribution in [1.29, 1.82) is 15.8 Å². The molecule has 0 bridgehead atoms. The Kier molecular flexibility index (Phi) is 4.94. The third-order valence-electron chi connectivity index (χ3n) is 3.46. The van der Waals surface area contributed by atoms with E-state index < -0.39 is 0 Å². The topological polar surface area (TPSA) is 86.6 Å². The molecule has 0 atom stereocenters. The van der Waals surface area contributed by atoms with Crippen molar-refractivity contribution >= 4 is 5.69 Å². The molecule has 1 aliphatic rings. The SMILES string of the molecule is N#CC(C#N)=C(C#N)Nc1ccccc1CN1CCCC1. The van der Waals surface area contributed by atoms with E-state index in [0.717, 1.165) is 30.9 Å². The average molecular weight is 277 g/mol. The summed E-state index contributed by atoms with van der Waals surface area (Å²) < 4.78 is 0. The smallest absolute Gasteiger partial charge is 0.163 e. The van der Waals surface area contributed by atoms with Gasteiger partial charge in [0.25, 0.3) is 0 Å². The zero-order chi connectivity index (χ0) is 15.1. The number of rotatable bonds is 4. The number of benzene rings is 1. The summed E-state index contributed by atoms with van der Waals surface area (Å²) in [6.07, 6.45) is 2.43. The highest BCUT2D eigenvalue weighted by Crippen LogP contribution is 2.21. The minimum absolute atomic E-state index is 0.00567. The van der Waals surface area contributed by atoms with Gasteiger partial charge in [-0.1, -0.05) is 18.2 Å². The number of nitriles is 3. The van der Waals surface area contributed by atoms with E-state index in [1.54, 1.807) is 12.1 Å². The maximum absolute atomic E-state index is 9.11. The molecular weight excluding hydrogens is 262 g/mol. The van der Waals surface area contributed by atoms with Gasteiger partial charge in [-0.3, -0.25) is 4.90 Å². The number of likely N-dealkylation sites (tertiary alicyclic amines) is 1. The second-order valence-corrected chi connectivity index (χ2v) is 4.85. The van der Waals surface area contributed by atoms with Gasteiger partial charge < -0.3 is 5.32 Å². The minimum Gasteiger partial charge on any atom is -0.345 e.